The molecule has 0 radical (unpaired) electrons. The van der Waals surface area contributed by atoms with E-state index in [1.165, 1.54) is 7.11 Å². The van der Waals surface area contributed by atoms with Crippen LogP contribution in [0.1, 0.15) is 13.8 Å². The SMILES string of the molecule is CCNc1nc(N2CCOCC2)nc(N(C#N)[C@H](C)C(=O)OC)n1. The number of methoxy groups -OCH3 is 1. The Morgan fingerprint density at radius 3 is 2.75 bits per heavy atom. The summed E-state index contributed by atoms with van der Waals surface area (Å²) in [6.07, 6.45) is 1.94. The van der Waals surface area contributed by atoms with Crippen LogP contribution in [0.3, 0.4) is 0 Å². The Kier molecular flexibility index (Phi) is 6.08. The molecule has 0 spiro atoms. The number of nitriles is 1. The Morgan fingerprint density at radius 1 is 1.46 bits per heavy atom. The van der Waals surface area contributed by atoms with E-state index >= 15 is 0 Å². The molecule has 1 aliphatic heterocycles. The van der Waals surface area contributed by atoms with Crippen molar-refractivity contribution in [3.8, 4) is 6.19 Å². The number of nitrogens with zero attached hydrogens (tertiary/aromatic N) is 6. The standard InChI is InChI=1S/C14H21N7O3/c1-4-16-12-17-13(20-5-7-24-8-6-20)19-14(18-12)21(9-15)10(2)11(22)23-3/h10H,4-8H2,1-3H3,(H,16,17,18,19)/t10-/m1/s1. The molecule has 1 aromatic rings. The van der Waals surface area contributed by atoms with E-state index < -0.39 is 12.0 Å². The highest BCUT2D eigenvalue weighted by Crippen LogP contribution is 2.19. The van der Waals surface area contributed by atoms with Gasteiger partial charge < -0.3 is 19.7 Å². The molecule has 1 saturated heterocycles. The van der Waals surface area contributed by atoms with E-state index in [0.717, 1.165) is 4.90 Å². The van der Waals surface area contributed by atoms with Gasteiger partial charge in [-0.25, -0.2) is 9.69 Å². The van der Waals surface area contributed by atoms with Crippen molar-refractivity contribution in [3.63, 3.8) is 0 Å². The summed E-state index contributed by atoms with van der Waals surface area (Å²) in [5, 5.41) is 12.4. The minimum atomic E-state index is -0.839. The number of ether oxygens (including phenoxy) is 2. The van der Waals surface area contributed by atoms with Gasteiger partial charge in [-0.2, -0.15) is 20.2 Å². The van der Waals surface area contributed by atoms with Crippen LogP contribution >= 0.6 is 0 Å². The Labute approximate surface area is 140 Å². The van der Waals surface area contributed by atoms with Gasteiger partial charge in [0.15, 0.2) is 6.19 Å². The van der Waals surface area contributed by atoms with Gasteiger partial charge in [0.1, 0.15) is 6.04 Å². The van der Waals surface area contributed by atoms with Gasteiger partial charge in [0.2, 0.25) is 17.8 Å². The number of nitrogens with one attached hydrogen (secondary N) is 1. The summed E-state index contributed by atoms with van der Waals surface area (Å²) < 4.78 is 10.0. The lowest BCUT2D eigenvalue weighted by atomic mass is 10.3. The number of anilines is 3. The van der Waals surface area contributed by atoms with Crippen molar-refractivity contribution in [2.45, 2.75) is 19.9 Å². The topological polar surface area (TPSA) is 116 Å². The lowest BCUT2D eigenvalue weighted by molar-refractivity contribution is -0.141. The molecule has 1 aliphatic rings. The second-order valence-electron chi connectivity index (χ2n) is 5.06. The first-order valence-corrected chi connectivity index (χ1v) is 7.70. The van der Waals surface area contributed by atoms with Gasteiger partial charge in [0.25, 0.3) is 0 Å². The summed E-state index contributed by atoms with van der Waals surface area (Å²) in [6.45, 7) is 6.54. The molecular formula is C14H21N7O3. The number of rotatable bonds is 6. The average Bonchev–Trinajstić information content (AvgIpc) is 2.62. The average molecular weight is 335 g/mol. The number of carbonyl (C=O) groups excluding carboxylic acids is 1. The van der Waals surface area contributed by atoms with Gasteiger partial charge in [-0.3, -0.25) is 0 Å². The molecule has 1 fully saturated rings. The molecule has 10 heteroatoms. The van der Waals surface area contributed by atoms with Gasteiger partial charge in [0.05, 0.1) is 20.3 Å². The van der Waals surface area contributed by atoms with E-state index in [9.17, 15) is 10.1 Å². The Balaban J connectivity index is 2.37. The predicted molar refractivity (Wildman–Crippen MR) is 86.6 cm³/mol. The molecule has 0 bridgehead atoms. The van der Waals surface area contributed by atoms with E-state index in [4.69, 9.17) is 9.47 Å². The number of hydrogen-bond acceptors (Lipinski definition) is 10. The van der Waals surface area contributed by atoms with Crippen molar-refractivity contribution >= 4 is 23.8 Å². The molecule has 24 heavy (non-hydrogen) atoms. The van der Waals surface area contributed by atoms with Crippen molar-refractivity contribution in [3.05, 3.63) is 0 Å². The summed E-state index contributed by atoms with van der Waals surface area (Å²) in [5.74, 6) is 0.343. The Morgan fingerprint density at radius 2 is 2.17 bits per heavy atom. The molecule has 1 N–H and O–H groups in total. The monoisotopic (exact) mass is 335 g/mol. The normalized spacial score (nSPS) is 15.3. The van der Waals surface area contributed by atoms with Crippen LogP contribution < -0.4 is 15.1 Å². The highest BCUT2D eigenvalue weighted by atomic mass is 16.5. The lowest BCUT2D eigenvalue weighted by Crippen LogP contribution is -2.40. The molecule has 0 aliphatic carbocycles. The maximum absolute atomic E-state index is 11.8. The van der Waals surface area contributed by atoms with E-state index in [0.29, 0.717) is 44.7 Å². The van der Waals surface area contributed by atoms with Gasteiger partial charge in [-0.05, 0) is 13.8 Å². The number of hydrogen-bond donors (Lipinski definition) is 1. The number of carbonyl (C=O) groups is 1. The number of morpholine rings is 1. The van der Waals surface area contributed by atoms with Gasteiger partial charge in [-0.1, -0.05) is 0 Å². The van der Waals surface area contributed by atoms with Crippen molar-refractivity contribution in [2.24, 2.45) is 0 Å². The molecular weight excluding hydrogens is 314 g/mol. The lowest BCUT2D eigenvalue weighted by Gasteiger charge is -2.28. The zero-order valence-corrected chi connectivity index (χ0v) is 14.0. The number of esters is 1. The fourth-order valence-corrected chi connectivity index (χ4v) is 2.18. The molecule has 0 saturated carbocycles. The second kappa shape index (κ2) is 8.26. The van der Waals surface area contributed by atoms with Crippen LogP contribution in [0.25, 0.3) is 0 Å². The van der Waals surface area contributed by atoms with Crippen LogP contribution in [0.2, 0.25) is 0 Å². The highest BCUT2D eigenvalue weighted by molar-refractivity contribution is 5.79. The third-order valence-electron chi connectivity index (χ3n) is 3.49. The van der Waals surface area contributed by atoms with Crippen molar-refractivity contribution < 1.29 is 14.3 Å². The van der Waals surface area contributed by atoms with Crippen LogP contribution in [0.15, 0.2) is 0 Å². The van der Waals surface area contributed by atoms with Crippen molar-refractivity contribution in [2.75, 3.05) is 55.1 Å². The molecule has 2 heterocycles. The first kappa shape index (κ1) is 17.7. The molecule has 2 rings (SSSR count). The molecule has 1 atom stereocenters. The van der Waals surface area contributed by atoms with Gasteiger partial charge in [-0.15, -0.1) is 0 Å². The van der Waals surface area contributed by atoms with E-state index in [-0.39, 0.29) is 5.95 Å². The molecule has 0 unspecified atom stereocenters. The van der Waals surface area contributed by atoms with Crippen LogP contribution in [-0.2, 0) is 14.3 Å². The van der Waals surface area contributed by atoms with Crippen LogP contribution in [0.5, 0.6) is 0 Å². The summed E-state index contributed by atoms with van der Waals surface area (Å²) >= 11 is 0. The molecule has 130 valence electrons. The third-order valence-corrected chi connectivity index (χ3v) is 3.49. The highest BCUT2D eigenvalue weighted by Gasteiger charge is 2.27. The van der Waals surface area contributed by atoms with E-state index in [1.807, 2.05) is 18.0 Å². The fourth-order valence-electron chi connectivity index (χ4n) is 2.18. The van der Waals surface area contributed by atoms with Crippen LogP contribution in [-0.4, -0.2) is 66.9 Å². The largest absolute Gasteiger partial charge is 0.467 e. The molecule has 1 aromatic heterocycles. The van der Waals surface area contributed by atoms with Crippen molar-refractivity contribution in [1.29, 1.82) is 5.26 Å². The summed E-state index contributed by atoms with van der Waals surface area (Å²) in [6, 6.07) is -0.839. The summed E-state index contributed by atoms with van der Waals surface area (Å²) in [4.78, 5) is 27.8. The zero-order valence-electron chi connectivity index (χ0n) is 14.0. The Bertz CT molecular complexity index is 613. The van der Waals surface area contributed by atoms with Crippen LogP contribution in [0, 0.1) is 11.5 Å². The van der Waals surface area contributed by atoms with E-state index in [1.54, 1.807) is 6.92 Å². The number of aromatic nitrogens is 3. The van der Waals surface area contributed by atoms with Crippen LogP contribution in [0.4, 0.5) is 17.8 Å². The molecule has 0 aromatic carbocycles. The second-order valence-corrected chi connectivity index (χ2v) is 5.06. The maximum atomic E-state index is 11.8. The first-order chi connectivity index (χ1) is 11.6. The van der Waals surface area contributed by atoms with Gasteiger partial charge >= 0.3 is 5.97 Å². The van der Waals surface area contributed by atoms with E-state index in [2.05, 4.69) is 20.3 Å². The molecule has 0 amide bonds. The quantitative estimate of drug-likeness (QED) is 0.432. The summed E-state index contributed by atoms with van der Waals surface area (Å²) in [5.41, 5.74) is 0. The minimum absolute atomic E-state index is 0.0999. The van der Waals surface area contributed by atoms with Gasteiger partial charge in [0, 0.05) is 19.6 Å². The third kappa shape index (κ3) is 3.99. The maximum Gasteiger partial charge on any atom is 0.329 e. The smallest absolute Gasteiger partial charge is 0.329 e. The molecule has 10 nitrogen and oxygen atoms in total. The van der Waals surface area contributed by atoms with Crippen molar-refractivity contribution in [1.82, 2.24) is 15.0 Å². The predicted octanol–water partition coefficient (Wildman–Crippen LogP) is -0.0110. The fraction of sp³-hybridized carbons (Fsp3) is 0.643. The minimum Gasteiger partial charge on any atom is -0.467 e. The summed E-state index contributed by atoms with van der Waals surface area (Å²) in [7, 11) is 1.27. The first-order valence-electron chi connectivity index (χ1n) is 7.70. The Hall–Kier alpha value is -2.67. The zero-order chi connectivity index (χ0) is 17.5.